The first kappa shape index (κ1) is 16.1. The molecule has 2 unspecified atom stereocenters. The smallest absolute Gasteiger partial charge is 0.161 e. The third-order valence-corrected chi connectivity index (χ3v) is 3.76. The van der Waals surface area contributed by atoms with Crippen molar-refractivity contribution >= 4 is 0 Å². The lowest BCUT2D eigenvalue weighted by Gasteiger charge is -2.20. The van der Waals surface area contributed by atoms with Gasteiger partial charge in [-0.15, -0.1) is 0 Å². The van der Waals surface area contributed by atoms with Crippen molar-refractivity contribution < 1.29 is 14.2 Å². The molecular weight excluding hydrogens is 266 g/mol. The molecule has 1 aliphatic heterocycles. The van der Waals surface area contributed by atoms with Crippen LogP contribution in [0, 0.1) is 0 Å². The van der Waals surface area contributed by atoms with E-state index in [-0.39, 0.29) is 17.7 Å². The fourth-order valence-corrected chi connectivity index (χ4v) is 2.71. The van der Waals surface area contributed by atoms with Crippen molar-refractivity contribution in [2.75, 3.05) is 13.7 Å². The number of methoxy groups -OCH3 is 1. The lowest BCUT2D eigenvalue weighted by molar-refractivity contribution is -0.0329. The van der Waals surface area contributed by atoms with Crippen molar-refractivity contribution in [1.82, 2.24) is 0 Å². The Morgan fingerprint density at radius 1 is 1.38 bits per heavy atom. The summed E-state index contributed by atoms with van der Waals surface area (Å²) in [4.78, 5) is 0. The van der Waals surface area contributed by atoms with Crippen LogP contribution < -0.4 is 15.2 Å². The fourth-order valence-electron chi connectivity index (χ4n) is 2.71. The Balaban J connectivity index is 1.96. The molecule has 2 N–H and O–H groups in total. The molecule has 21 heavy (non-hydrogen) atoms. The lowest BCUT2D eigenvalue weighted by atomic mass is 10.1. The van der Waals surface area contributed by atoms with Gasteiger partial charge >= 0.3 is 0 Å². The van der Waals surface area contributed by atoms with Crippen LogP contribution in [0.2, 0.25) is 0 Å². The molecule has 118 valence electrons. The Morgan fingerprint density at radius 3 is 2.71 bits per heavy atom. The Kier molecular flexibility index (Phi) is 5.12. The summed E-state index contributed by atoms with van der Waals surface area (Å²) in [5, 5.41) is 0. The van der Waals surface area contributed by atoms with Gasteiger partial charge in [0.1, 0.15) is 6.61 Å². The van der Waals surface area contributed by atoms with Crippen LogP contribution in [0.3, 0.4) is 0 Å². The van der Waals surface area contributed by atoms with E-state index in [9.17, 15) is 0 Å². The molecule has 2 atom stereocenters. The van der Waals surface area contributed by atoms with Crippen molar-refractivity contribution in [3.63, 3.8) is 0 Å². The summed E-state index contributed by atoms with van der Waals surface area (Å²) < 4.78 is 17.2. The second kappa shape index (κ2) is 6.67. The van der Waals surface area contributed by atoms with E-state index < -0.39 is 0 Å². The first-order valence-corrected chi connectivity index (χ1v) is 7.63. The predicted molar refractivity (Wildman–Crippen MR) is 84.0 cm³/mol. The number of rotatable bonds is 6. The zero-order valence-corrected chi connectivity index (χ0v) is 13.5. The molecule has 1 heterocycles. The van der Waals surface area contributed by atoms with E-state index in [0.29, 0.717) is 6.61 Å². The maximum Gasteiger partial charge on any atom is 0.161 e. The van der Waals surface area contributed by atoms with Gasteiger partial charge in [-0.2, -0.15) is 0 Å². The minimum absolute atomic E-state index is 0.0285. The van der Waals surface area contributed by atoms with Gasteiger partial charge in [0.05, 0.1) is 18.8 Å². The van der Waals surface area contributed by atoms with Gasteiger partial charge in [0, 0.05) is 6.04 Å². The van der Waals surface area contributed by atoms with Crippen LogP contribution in [0.25, 0.3) is 0 Å². The number of benzene rings is 1. The molecule has 1 saturated heterocycles. The number of hydrogen-bond acceptors (Lipinski definition) is 4. The van der Waals surface area contributed by atoms with Crippen LogP contribution in [-0.4, -0.2) is 31.5 Å². The van der Waals surface area contributed by atoms with E-state index in [1.54, 1.807) is 7.11 Å². The van der Waals surface area contributed by atoms with Gasteiger partial charge in [-0.1, -0.05) is 6.07 Å². The molecule has 1 aliphatic rings. The predicted octanol–water partition coefficient (Wildman–Crippen LogP) is 2.92. The first-order valence-electron chi connectivity index (χ1n) is 7.63. The summed E-state index contributed by atoms with van der Waals surface area (Å²) >= 11 is 0. The number of ether oxygens (including phenoxy) is 3. The highest BCUT2D eigenvalue weighted by molar-refractivity contribution is 5.43. The normalized spacial score (nSPS) is 22.0. The van der Waals surface area contributed by atoms with Crippen LogP contribution in [0.5, 0.6) is 11.5 Å². The van der Waals surface area contributed by atoms with Crippen molar-refractivity contribution in [2.24, 2.45) is 5.73 Å². The molecule has 0 aromatic heterocycles. The SMILES string of the molecule is COc1cc(CC(C)N)ccc1OCC1CCC(C)(C)O1. The topological polar surface area (TPSA) is 53.7 Å². The van der Waals surface area contributed by atoms with Gasteiger partial charge < -0.3 is 19.9 Å². The summed E-state index contributed by atoms with van der Waals surface area (Å²) in [6.45, 7) is 6.80. The summed E-state index contributed by atoms with van der Waals surface area (Å²) in [5.41, 5.74) is 6.96. The minimum atomic E-state index is -0.0285. The van der Waals surface area contributed by atoms with Crippen LogP contribution in [0.1, 0.15) is 39.2 Å². The molecule has 0 saturated carbocycles. The van der Waals surface area contributed by atoms with Crippen LogP contribution in [0.4, 0.5) is 0 Å². The minimum Gasteiger partial charge on any atom is -0.493 e. The molecule has 4 heteroatoms. The maximum atomic E-state index is 5.94. The average molecular weight is 293 g/mol. The van der Waals surface area contributed by atoms with E-state index in [4.69, 9.17) is 19.9 Å². The molecule has 0 aliphatic carbocycles. The van der Waals surface area contributed by atoms with Crippen LogP contribution in [0.15, 0.2) is 18.2 Å². The standard InChI is InChI=1S/C17H27NO3/c1-12(18)9-13-5-6-15(16(10-13)19-4)20-11-14-7-8-17(2,3)21-14/h5-6,10,12,14H,7-9,11,18H2,1-4H3. The second-order valence-corrected chi connectivity index (χ2v) is 6.52. The second-order valence-electron chi connectivity index (χ2n) is 6.52. The summed E-state index contributed by atoms with van der Waals surface area (Å²) in [6.07, 6.45) is 3.11. The van der Waals surface area contributed by atoms with E-state index in [2.05, 4.69) is 13.8 Å². The van der Waals surface area contributed by atoms with Gasteiger partial charge in [-0.25, -0.2) is 0 Å². The van der Waals surface area contributed by atoms with E-state index in [1.807, 2.05) is 25.1 Å². The lowest BCUT2D eigenvalue weighted by Crippen LogP contribution is -2.24. The molecular formula is C17H27NO3. The molecule has 1 aromatic rings. The quantitative estimate of drug-likeness (QED) is 0.876. The highest BCUT2D eigenvalue weighted by Crippen LogP contribution is 2.32. The van der Waals surface area contributed by atoms with Gasteiger partial charge in [0.25, 0.3) is 0 Å². The first-order chi connectivity index (χ1) is 9.89. The number of hydrogen-bond donors (Lipinski definition) is 1. The molecule has 0 radical (unpaired) electrons. The van der Waals surface area contributed by atoms with Crippen LogP contribution >= 0.6 is 0 Å². The van der Waals surface area contributed by atoms with E-state index in [1.165, 1.54) is 0 Å². The molecule has 2 rings (SSSR count). The summed E-state index contributed by atoms with van der Waals surface area (Å²) in [7, 11) is 1.66. The van der Waals surface area contributed by atoms with Crippen molar-refractivity contribution in [1.29, 1.82) is 0 Å². The highest BCUT2D eigenvalue weighted by Gasteiger charge is 2.32. The summed E-state index contributed by atoms with van der Waals surface area (Å²) in [6, 6.07) is 6.13. The third kappa shape index (κ3) is 4.61. The monoisotopic (exact) mass is 293 g/mol. The summed E-state index contributed by atoms with van der Waals surface area (Å²) in [5.74, 6) is 1.52. The number of nitrogens with two attached hydrogens (primary N) is 1. The Bertz CT molecular complexity index is 471. The van der Waals surface area contributed by atoms with Gasteiger partial charge in [-0.05, 0) is 57.7 Å². The van der Waals surface area contributed by atoms with Crippen molar-refractivity contribution in [2.45, 2.75) is 57.8 Å². The third-order valence-electron chi connectivity index (χ3n) is 3.76. The van der Waals surface area contributed by atoms with Gasteiger partial charge in [-0.3, -0.25) is 0 Å². The van der Waals surface area contributed by atoms with Crippen molar-refractivity contribution in [3.8, 4) is 11.5 Å². The Hall–Kier alpha value is -1.26. The molecule has 1 fully saturated rings. The van der Waals surface area contributed by atoms with E-state index >= 15 is 0 Å². The molecule has 0 amide bonds. The fraction of sp³-hybridized carbons (Fsp3) is 0.647. The largest absolute Gasteiger partial charge is 0.493 e. The maximum absolute atomic E-state index is 5.94. The van der Waals surface area contributed by atoms with Crippen molar-refractivity contribution in [3.05, 3.63) is 23.8 Å². The van der Waals surface area contributed by atoms with Gasteiger partial charge in [0.2, 0.25) is 0 Å². The molecule has 1 aromatic carbocycles. The van der Waals surface area contributed by atoms with Gasteiger partial charge in [0.15, 0.2) is 11.5 Å². The van der Waals surface area contributed by atoms with E-state index in [0.717, 1.165) is 36.3 Å². The highest BCUT2D eigenvalue weighted by atomic mass is 16.6. The molecule has 0 bridgehead atoms. The average Bonchev–Trinajstić information content (AvgIpc) is 2.76. The Morgan fingerprint density at radius 2 is 2.14 bits per heavy atom. The molecule has 4 nitrogen and oxygen atoms in total. The van der Waals surface area contributed by atoms with Crippen LogP contribution in [-0.2, 0) is 11.2 Å². The zero-order valence-electron chi connectivity index (χ0n) is 13.5. The molecule has 0 spiro atoms. The zero-order chi connectivity index (χ0) is 15.5. The Labute approximate surface area is 127 Å².